The number of carbonyl (C=O) groups is 1. The van der Waals surface area contributed by atoms with Gasteiger partial charge in [-0.2, -0.15) is 0 Å². The van der Waals surface area contributed by atoms with E-state index in [-0.39, 0.29) is 0 Å². The van der Waals surface area contributed by atoms with Crippen molar-refractivity contribution in [1.29, 1.82) is 0 Å². The van der Waals surface area contributed by atoms with Crippen LogP contribution in [0.15, 0.2) is 77.9 Å². The van der Waals surface area contributed by atoms with Crippen molar-refractivity contribution in [3.63, 3.8) is 0 Å². The monoisotopic (exact) mass is 292 g/mol. The molecule has 0 fully saturated rings. The van der Waals surface area contributed by atoms with Gasteiger partial charge >= 0.3 is 0 Å². The van der Waals surface area contributed by atoms with Crippen molar-refractivity contribution in [2.45, 2.75) is 0 Å². The van der Waals surface area contributed by atoms with Crippen LogP contribution in [0.2, 0.25) is 5.02 Å². The zero-order chi connectivity index (χ0) is 14.7. The topological polar surface area (TPSA) is 17.1 Å². The first kappa shape index (κ1) is 13.6. The molecule has 0 radical (unpaired) electrons. The first-order chi connectivity index (χ1) is 10.3. The van der Waals surface area contributed by atoms with Crippen molar-refractivity contribution in [2.75, 3.05) is 0 Å². The fourth-order valence-corrected chi connectivity index (χ4v) is 2.45. The van der Waals surface area contributed by atoms with Crippen molar-refractivity contribution >= 4 is 29.5 Å². The lowest BCUT2D eigenvalue weighted by atomic mass is 9.84. The summed E-state index contributed by atoms with van der Waals surface area (Å²) in [5.74, 6) is 0. The van der Waals surface area contributed by atoms with Crippen LogP contribution in [0.3, 0.4) is 0 Å². The summed E-state index contributed by atoms with van der Waals surface area (Å²) in [5, 5.41) is 0.725. The van der Waals surface area contributed by atoms with Crippen LogP contribution in [0, 0.1) is 0 Å². The summed E-state index contributed by atoms with van der Waals surface area (Å²) in [6.07, 6.45) is 6.86. The molecule has 2 aromatic carbocycles. The Hall–Kier alpha value is -2.38. The molecule has 102 valence electrons. The van der Waals surface area contributed by atoms with Gasteiger partial charge in [0, 0.05) is 10.6 Å². The third-order valence-electron chi connectivity index (χ3n) is 3.40. The number of halogens is 1. The Kier molecular flexibility index (Phi) is 3.85. The van der Waals surface area contributed by atoms with Gasteiger partial charge in [0.15, 0.2) is 6.29 Å². The Morgan fingerprint density at radius 2 is 1.57 bits per heavy atom. The molecule has 0 atom stereocenters. The molecule has 0 aromatic heterocycles. The molecule has 0 spiro atoms. The second-order valence-electron chi connectivity index (χ2n) is 4.80. The van der Waals surface area contributed by atoms with Crippen LogP contribution in [0.25, 0.3) is 11.6 Å². The van der Waals surface area contributed by atoms with Crippen LogP contribution < -0.4 is 0 Å². The molecule has 2 heteroatoms. The molecule has 0 aliphatic heterocycles. The summed E-state index contributed by atoms with van der Waals surface area (Å²) in [7, 11) is 0. The summed E-state index contributed by atoms with van der Waals surface area (Å²) in [6, 6.07) is 17.6. The highest BCUT2D eigenvalue weighted by atomic mass is 35.5. The SMILES string of the molecule is O=CC1=CC(/C=C/c2ccc(Cl)cc2)=C1c1ccccc1. The standard InChI is InChI=1S/C19H13ClO/c20-18-10-7-14(8-11-18)6-9-16-12-17(13-21)19(16)15-4-2-1-3-5-15/h1-13H/b9-6+. The van der Waals surface area contributed by atoms with Gasteiger partial charge < -0.3 is 0 Å². The van der Waals surface area contributed by atoms with Gasteiger partial charge in [0.1, 0.15) is 0 Å². The number of rotatable bonds is 4. The maximum atomic E-state index is 11.1. The van der Waals surface area contributed by atoms with Gasteiger partial charge in [-0.1, -0.05) is 66.2 Å². The molecule has 1 aliphatic carbocycles. The number of carbonyl (C=O) groups excluding carboxylic acids is 1. The fraction of sp³-hybridized carbons (Fsp3) is 0. The smallest absolute Gasteiger partial charge is 0.150 e. The fourth-order valence-electron chi connectivity index (χ4n) is 2.32. The highest BCUT2D eigenvalue weighted by Gasteiger charge is 2.18. The number of allylic oxidation sites excluding steroid dienone is 5. The molecule has 2 aromatic rings. The summed E-state index contributed by atoms with van der Waals surface area (Å²) < 4.78 is 0. The molecule has 0 N–H and O–H groups in total. The molecule has 0 amide bonds. The van der Waals surface area contributed by atoms with E-state index in [4.69, 9.17) is 11.6 Å². The molecule has 0 bridgehead atoms. The van der Waals surface area contributed by atoms with Gasteiger partial charge in [0.25, 0.3) is 0 Å². The predicted molar refractivity (Wildman–Crippen MR) is 88.0 cm³/mol. The molecule has 0 saturated carbocycles. The third-order valence-corrected chi connectivity index (χ3v) is 3.66. The molecule has 0 heterocycles. The molecule has 21 heavy (non-hydrogen) atoms. The second kappa shape index (κ2) is 5.94. The maximum absolute atomic E-state index is 11.1. The van der Waals surface area contributed by atoms with Gasteiger partial charge in [0.05, 0.1) is 0 Å². The third kappa shape index (κ3) is 2.88. The normalized spacial score (nSPS) is 14.0. The Morgan fingerprint density at radius 1 is 0.857 bits per heavy atom. The Balaban J connectivity index is 1.90. The minimum absolute atomic E-state index is 0.725. The first-order valence-electron chi connectivity index (χ1n) is 6.68. The average Bonchev–Trinajstić information content (AvgIpc) is 2.49. The van der Waals surface area contributed by atoms with E-state index >= 15 is 0 Å². The Bertz CT molecular complexity index is 750. The van der Waals surface area contributed by atoms with Crippen molar-refractivity contribution in [3.05, 3.63) is 94.0 Å². The quantitative estimate of drug-likeness (QED) is 0.729. The summed E-state index contributed by atoms with van der Waals surface area (Å²) in [5.41, 5.74) is 4.97. The largest absolute Gasteiger partial charge is 0.298 e. The van der Waals surface area contributed by atoms with Gasteiger partial charge in [-0.15, -0.1) is 0 Å². The maximum Gasteiger partial charge on any atom is 0.150 e. The molecule has 0 unspecified atom stereocenters. The molecular weight excluding hydrogens is 280 g/mol. The number of hydrogen-bond donors (Lipinski definition) is 0. The molecule has 1 aliphatic rings. The predicted octanol–water partition coefficient (Wildman–Crippen LogP) is 4.95. The summed E-state index contributed by atoms with van der Waals surface area (Å²) in [4.78, 5) is 11.1. The van der Waals surface area contributed by atoms with Gasteiger partial charge in [-0.25, -0.2) is 0 Å². The lowest BCUT2D eigenvalue weighted by Gasteiger charge is -2.19. The van der Waals surface area contributed by atoms with Crippen molar-refractivity contribution in [2.24, 2.45) is 0 Å². The van der Waals surface area contributed by atoms with Gasteiger partial charge in [-0.05, 0) is 40.5 Å². The zero-order valence-corrected chi connectivity index (χ0v) is 12.0. The van der Waals surface area contributed by atoms with Gasteiger partial charge in [0.2, 0.25) is 0 Å². The highest BCUT2D eigenvalue weighted by Crippen LogP contribution is 2.35. The minimum atomic E-state index is 0.725. The highest BCUT2D eigenvalue weighted by molar-refractivity contribution is 6.30. The van der Waals surface area contributed by atoms with E-state index in [1.54, 1.807) is 0 Å². The number of benzene rings is 2. The zero-order valence-electron chi connectivity index (χ0n) is 11.3. The Labute approximate surface area is 128 Å². The average molecular weight is 293 g/mol. The van der Waals surface area contributed by atoms with E-state index in [1.165, 1.54) is 0 Å². The second-order valence-corrected chi connectivity index (χ2v) is 5.24. The van der Waals surface area contributed by atoms with Crippen LogP contribution >= 0.6 is 11.6 Å². The first-order valence-corrected chi connectivity index (χ1v) is 7.06. The van der Waals surface area contributed by atoms with E-state index in [9.17, 15) is 4.79 Å². The number of aldehydes is 1. The van der Waals surface area contributed by atoms with Crippen molar-refractivity contribution < 1.29 is 4.79 Å². The van der Waals surface area contributed by atoms with E-state index in [0.717, 1.165) is 39.2 Å². The Morgan fingerprint density at radius 3 is 2.24 bits per heavy atom. The van der Waals surface area contributed by atoms with E-state index in [2.05, 4.69) is 0 Å². The van der Waals surface area contributed by atoms with E-state index in [0.29, 0.717) is 0 Å². The molecule has 0 saturated heterocycles. The van der Waals surface area contributed by atoms with E-state index in [1.807, 2.05) is 72.8 Å². The van der Waals surface area contributed by atoms with Crippen LogP contribution in [0.4, 0.5) is 0 Å². The summed E-state index contributed by atoms with van der Waals surface area (Å²) in [6.45, 7) is 0. The molecule has 3 rings (SSSR count). The van der Waals surface area contributed by atoms with Crippen LogP contribution in [0.1, 0.15) is 11.1 Å². The van der Waals surface area contributed by atoms with Crippen LogP contribution in [-0.4, -0.2) is 6.29 Å². The lowest BCUT2D eigenvalue weighted by molar-refractivity contribution is -0.104. The lowest BCUT2D eigenvalue weighted by Crippen LogP contribution is -2.03. The number of hydrogen-bond acceptors (Lipinski definition) is 1. The minimum Gasteiger partial charge on any atom is -0.298 e. The van der Waals surface area contributed by atoms with Crippen LogP contribution in [-0.2, 0) is 4.79 Å². The van der Waals surface area contributed by atoms with Gasteiger partial charge in [-0.3, -0.25) is 4.79 Å². The van der Waals surface area contributed by atoms with E-state index < -0.39 is 0 Å². The van der Waals surface area contributed by atoms with Crippen molar-refractivity contribution in [1.82, 2.24) is 0 Å². The van der Waals surface area contributed by atoms with Crippen molar-refractivity contribution in [3.8, 4) is 0 Å². The summed E-state index contributed by atoms with van der Waals surface area (Å²) >= 11 is 5.87. The molecular formula is C19H13ClO. The molecule has 1 nitrogen and oxygen atoms in total. The van der Waals surface area contributed by atoms with Crippen LogP contribution in [0.5, 0.6) is 0 Å².